The molecule has 0 bridgehead atoms. The van der Waals surface area contributed by atoms with Gasteiger partial charge in [-0.3, -0.25) is 9.59 Å². The van der Waals surface area contributed by atoms with Gasteiger partial charge in [-0.1, -0.05) is 29.8 Å². The van der Waals surface area contributed by atoms with Gasteiger partial charge in [0.1, 0.15) is 11.7 Å². The Morgan fingerprint density at radius 3 is 2.62 bits per heavy atom. The number of carbonyl (C=O) groups excluding carboxylic acids is 2. The van der Waals surface area contributed by atoms with E-state index in [1.54, 1.807) is 14.0 Å². The number of imidazole rings is 1. The molecule has 0 spiro atoms. The largest absolute Gasteiger partial charge is 0.381 e. The molecule has 2 fully saturated rings. The van der Waals surface area contributed by atoms with Gasteiger partial charge in [-0.25, -0.2) is 4.98 Å². The molecular formula is C28H34ClN5O3. The Balaban J connectivity index is 1.45. The van der Waals surface area contributed by atoms with Crippen LogP contribution in [-0.4, -0.2) is 65.0 Å². The summed E-state index contributed by atoms with van der Waals surface area (Å²) in [7, 11) is 1.74. The number of nitrogens with zero attached hydrogens (tertiary/aromatic N) is 3. The van der Waals surface area contributed by atoms with Crippen LogP contribution in [0.25, 0.3) is 16.8 Å². The van der Waals surface area contributed by atoms with E-state index in [0.29, 0.717) is 24.8 Å². The van der Waals surface area contributed by atoms with Crippen molar-refractivity contribution in [1.82, 2.24) is 24.9 Å². The maximum Gasteiger partial charge on any atom is 0.246 e. The number of halogens is 1. The van der Waals surface area contributed by atoms with Crippen molar-refractivity contribution in [3.8, 4) is 11.1 Å². The van der Waals surface area contributed by atoms with Gasteiger partial charge in [0.15, 0.2) is 0 Å². The van der Waals surface area contributed by atoms with Crippen molar-refractivity contribution >= 4 is 29.1 Å². The van der Waals surface area contributed by atoms with Crippen LogP contribution >= 0.6 is 11.6 Å². The summed E-state index contributed by atoms with van der Waals surface area (Å²) in [4.78, 5) is 33.8. The summed E-state index contributed by atoms with van der Waals surface area (Å²) in [6.07, 6.45) is 7.20. The van der Waals surface area contributed by atoms with Crippen molar-refractivity contribution in [2.75, 3.05) is 26.8 Å². The third-order valence-electron chi connectivity index (χ3n) is 7.67. The molecule has 2 aliphatic rings. The first-order chi connectivity index (χ1) is 18.0. The summed E-state index contributed by atoms with van der Waals surface area (Å²) in [6, 6.07) is 10.6. The fraction of sp³-hybridized carbons (Fsp3) is 0.464. The van der Waals surface area contributed by atoms with Gasteiger partial charge in [-0.05, 0) is 63.8 Å². The number of benzene rings is 1. The van der Waals surface area contributed by atoms with Gasteiger partial charge >= 0.3 is 0 Å². The number of aromatic nitrogens is 2. The fourth-order valence-electron chi connectivity index (χ4n) is 5.44. The van der Waals surface area contributed by atoms with Crippen molar-refractivity contribution in [1.29, 1.82) is 0 Å². The number of fused-ring (bicyclic) bond motifs is 1. The summed E-state index contributed by atoms with van der Waals surface area (Å²) in [6.45, 7) is 3.65. The van der Waals surface area contributed by atoms with Crippen molar-refractivity contribution in [2.24, 2.45) is 5.92 Å². The molecule has 37 heavy (non-hydrogen) atoms. The second-order valence-corrected chi connectivity index (χ2v) is 10.3. The van der Waals surface area contributed by atoms with Gasteiger partial charge in [0.25, 0.3) is 0 Å². The number of hydrogen-bond donors (Lipinski definition) is 2. The number of likely N-dealkylation sites (N-methyl/N-ethyl adjacent to an activating group) is 1. The average Bonchev–Trinajstić information content (AvgIpc) is 3.59. The van der Waals surface area contributed by atoms with Crippen LogP contribution in [0.1, 0.15) is 44.3 Å². The number of carbonyl (C=O) groups is 2. The topological polar surface area (TPSA) is 88.0 Å². The fourth-order valence-corrected chi connectivity index (χ4v) is 5.68. The number of ether oxygens (including phenoxy) is 1. The zero-order valence-electron chi connectivity index (χ0n) is 21.3. The molecule has 2 aromatic heterocycles. The molecule has 5 rings (SSSR count). The van der Waals surface area contributed by atoms with Gasteiger partial charge in [-0.2, -0.15) is 0 Å². The maximum absolute atomic E-state index is 14.0. The zero-order valence-corrected chi connectivity index (χ0v) is 22.1. The van der Waals surface area contributed by atoms with E-state index < -0.39 is 6.04 Å². The summed E-state index contributed by atoms with van der Waals surface area (Å²) < 4.78 is 7.54. The molecule has 196 valence electrons. The lowest BCUT2D eigenvalue weighted by molar-refractivity contribution is -0.140. The molecule has 0 unspecified atom stereocenters. The van der Waals surface area contributed by atoms with Gasteiger partial charge in [0, 0.05) is 48.3 Å². The van der Waals surface area contributed by atoms with Gasteiger partial charge < -0.3 is 24.7 Å². The van der Waals surface area contributed by atoms with Crippen LogP contribution in [0.5, 0.6) is 0 Å². The lowest BCUT2D eigenvalue weighted by Crippen LogP contribution is -2.56. The lowest BCUT2D eigenvalue weighted by atomic mass is 9.90. The van der Waals surface area contributed by atoms with Crippen molar-refractivity contribution in [2.45, 2.75) is 50.7 Å². The Morgan fingerprint density at radius 2 is 1.86 bits per heavy atom. The third-order valence-corrected chi connectivity index (χ3v) is 8.00. The Bertz CT molecular complexity index is 1270. The first-order valence-electron chi connectivity index (χ1n) is 13.1. The number of rotatable bonds is 7. The van der Waals surface area contributed by atoms with Gasteiger partial charge in [0.2, 0.25) is 11.8 Å². The highest BCUT2D eigenvalue weighted by Gasteiger charge is 2.40. The van der Waals surface area contributed by atoms with Crippen LogP contribution in [0.4, 0.5) is 0 Å². The lowest BCUT2D eigenvalue weighted by Gasteiger charge is -2.35. The number of hydrogen-bond acceptors (Lipinski definition) is 5. The molecule has 3 aromatic rings. The van der Waals surface area contributed by atoms with Crippen LogP contribution in [0.2, 0.25) is 5.02 Å². The van der Waals surface area contributed by atoms with Crippen LogP contribution in [-0.2, 0) is 14.3 Å². The smallest absolute Gasteiger partial charge is 0.246 e. The third kappa shape index (κ3) is 5.23. The first kappa shape index (κ1) is 25.7. The van der Waals surface area contributed by atoms with Crippen LogP contribution in [0.3, 0.4) is 0 Å². The second kappa shape index (κ2) is 11.2. The van der Waals surface area contributed by atoms with E-state index in [0.717, 1.165) is 48.2 Å². The number of likely N-dealkylation sites (tertiary alicyclic amines) is 1. The first-order valence-corrected chi connectivity index (χ1v) is 13.4. The average molecular weight is 524 g/mol. The zero-order chi connectivity index (χ0) is 25.9. The van der Waals surface area contributed by atoms with E-state index in [9.17, 15) is 9.59 Å². The summed E-state index contributed by atoms with van der Waals surface area (Å²) in [5.74, 6) is -0.155. The molecule has 4 heterocycles. The molecule has 0 aliphatic carbocycles. The van der Waals surface area contributed by atoms with Crippen molar-refractivity contribution in [3.05, 3.63) is 59.5 Å². The molecule has 2 aliphatic heterocycles. The van der Waals surface area contributed by atoms with Gasteiger partial charge in [-0.15, -0.1) is 0 Å². The Morgan fingerprint density at radius 1 is 1.11 bits per heavy atom. The highest BCUT2D eigenvalue weighted by Crippen LogP contribution is 2.36. The Hall–Kier alpha value is -2.94. The standard InChI is InChI=1S/C28H34ClN5O3/c1-18(30-2)27(35)32-25(19-11-15-37-16-12-19)28(36)34-14-6-10-24(34)23-17-33-13-5-8-21(26(33)31-23)20-7-3-4-9-22(20)29/h3-5,7-9,13,17-19,24-25,30H,6,10-12,14-16H2,1-2H3,(H,32,35)/t18-,24-,25-/m0/s1. The van der Waals surface area contributed by atoms with E-state index in [2.05, 4.69) is 10.6 Å². The Kier molecular flexibility index (Phi) is 7.79. The predicted molar refractivity (Wildman–Crippen MR) is 143 cm³/mol. The number of pyridine rings is 1. The maximum atomic E-state index is 14.0. The normalized spacial score (nSPS) is 20.2. The molecule has 0 radical (unpaired) electrons. The van der Waals surface area contributed by atoms with E-state index in [1.807, 2.05) is 58.1 Å². The van der Waals surface area contributed by atoms with Crippen molar-refractivity contribution < 1.29 is 14.3 Å². The van der Waals surface area contributed by atoms with E-state index >= 15 is 0 Å². The minimum atomic E-state index is -0.580. The molecule has 3 atom stereocenters. The molecule has 1 aromatic carbocycles. The van der Waals surface area contributed by atoms with E-state index in [-0.39, 0.29) is 29.8 Å². The quantitative estimate of drug-likeness (QED) is 0.491. The molecule has 2 saturated heterocycles. The minimum absolute atomic E-state index is 0.0329. The van der Waals surface area contributed by atoms with Crippen LogP contribution in [0.15, 0.2) is 48.8 Å². The highest BCUT2D eigenvalue weighted by atomic mass is 35.5. The number of nitrogens with one attached hydrogen (secondary N) is 2. The van der Waals surface area contributed by atoms with Crippen LogP contribution < -0.4 is 10.6 Å². The molecule has 9 heteroatoms. The second-order valence-electron chi connectivity index (χ2n) is 9.93. The van der Waals surface area contributed by atoms with Crippen molar-refractivity contribution in [3.63, 3.8) is 0 Å². The van der Waals surface area contributed by atoms with Gasteiger partial charge in [0.05, 0.1) is 17.8 Å². The molecule has 0 saturated carbocycles. The molecule has 2 N–H and O–H groups in total. The Labute approximate surface area is 222 Å². The molecule has 2 amide bonds. The van der Waals surface area contributed by atoms with Crippen LogP contribution in [0, 0.1) is 5.92 Å². The summed E-state index contributed by atoms with van der Waals surface area (Å²) in [5.41, 5.74) is 3.53. The molecular weight excluding hydrogens is 490 g/mol. The predicted octanol–water partition coefficient (Wildman–Crippen LogP) is 3.84. The van der Waals surface area contributed by atoms with E-state index in [4.69, 9.17) is 21.3 Å². The summed E-state index contributed by atoms with van der Waals surface area (Å²) >= 11 is 6.50. The summed E-state index contributed by atoms with van der Waals surface area (Å²) in [5, 5.41) is 6.70. The van der Waals surface area contributed by atoms with E-state index in [1.165, 1.54) is 0 Å². The SMILES string of the molecule is CN[C@@H](C)C(=O)N[C@H](C(=O)N1CCC[C@H]1c1cn2cccc(-c3ccccc3Cl)c2n1)C1CCOCC1. The monoisotopic (exact) mass is 523 g/mol. The highest BCUT2D eigenvalue weighted by molar-refractivity contribution is 6.33. The minimum Gasteiger partial charge on any atom is -0.381 e. The number of amides is 2. The molecule has 8 nitrogen and oxygen atoms in total.